The maximum atomic E-state index is 13.4. The molecule has 1 saturated heterocycles. The van der Waals surface area contributed by atoms with E-state index in [-0.39, 0.29) is 6.04 Å². The summed E-state index contributed by atoms with van der Waals surface area (Å²) >= 11 is 0. The van der Waals surface area contributed by atoms with Crippen molar-refractivity contribution in [2.45, 2.75) is 18.9 Å². The second-order valence-corrected chi connectivity index (χ2v) is 5.00. The Kier molecular flexibility index (Phi) is 3.26. The molecule has 1 aromatic heterocycles. The van der Waals surface area contributed by atoms with Crippen molar-refractivity contribution in [3.63, 3.8) is 0 Å². The third-order valence-electron chi connectivity index (χ3n) is 3.59. The van der Waals surface area contributed by atoms with Crippen LogP contribution in [0.25, 0.3) is 0 Å². The fourth-order valence-electron chi connectivity index (χ4n) is 2.72. The van der Waals surface area contributed by atoms with Crippen molar-refractivity contribution in [2.75, 3.05) is 17.2 Å². The Bertz CT molecular complexity index is 593. The summed E-state index contributed by atoms with van der Waals surface area (Å²) in [7, 11) is 0. The molecule has 1 aliphatic rings. The molecule has 2 aromatic rings. The van der Waals surface area contributed by atoms with Gasteiger partial charge >= 0.3 is 0 Å². The van der Waals surface area contributed by atoms with Gasteiger partial charge < -0.3 is 10.6 Å². The Hall–Kier alpha value is -2.17. The first-order valence-electron chi connectivity index (χ1n) is 6.57. The van der Waals surface area contributed by atoms with E-state index in [0.717, 1.165) is 31.3 Å². The van der Waals surface area contributed by atoms with Gasteiger partial charge in [-0.3, -0.25) is 0 Å². The number of aromatic nitrogens is 1. The number of rotatable bonds is 2. The maximum Gasteiger partial charge on any atom is 0.129 e. The number of nitrogens with two attached hydrogens (primary N) is 1. The Labute approximate surface area is 116 Å². The van der Waals surface area contributed by atoms with Crippen molar-refractivity contribution in [2.24, 2.45) is 0 Å². The molecule has 3 rings (SSSR count). The molecule has 0 saturated carbocycles. The molecular formula is C15H15F2N3. The van der Waals surface area contributed by atoms with Gasteiger partial charge in [-0.1, -0.05) is 0 Å². The first-order chi connectivity index (χ1) is 9.63. The average molecular weight is 275 g/mol. The van der Waals surface area contributed by atoms with Gasteiger partial charge in [0.15, 0.2) is 0 Å². The Morgan fingerprint density at radius 2 is 1.90 bits per heavy atom. The zero-order chi connectivity index (χ0) is 14.1. The van der Waals surface area contributed by atoms with Crippen LogP contribution >= 0.6 is 0 Å². The number of halogens is 2. The smallest absolute Gasteiger partial charge is 0.129 e. The molecular weight excluding hydrogens is 260 g/mol. The van der Waals surface area contributed by atoms with Crippen LogP contribution in [0, 0.1) is 11.6 Å². The zero-order valence-electron chi connectivity index (χ0n) is 10.9. The van der Waals surface area contributed by atoms with E-state index >= 15 is 0 Å². The predicted molar refractivity (Wildman–Crippen MR) is 74.3 cm³/mol. The van der Waals surface area contributed by atoms with Crippen LogP contribution in [0.15, 0.2) is 36.5 Å². The van der Waals surface area contributed by atoms with Gasteiger partial charge in [0.1, 0.15) is 17.5 Å². The molecule has 0 spiro atoms. The lowest BCUT2D eigenvalue weighted by Crippen LogP contribution is -2.23. The molecule has 1 aromatic carbocycles. The standard InChI is InChI=1S/C15H15F2N3/c16-11-6-10(7-12(17)8-11)14-2-1-5-20(14)15-4-3-13(18)9-19-15/h3-4,6-9,14H,1-2,5,18H2/t14-/m0/s1. The fraction of sp³-hybridized carbons (Fsp3) is 0.267. The molecule has 1 aliphatic heterocycles. The van der Waals surface area contributed by atoms with E-state index < -0.39 is 11.6 Å². The minimum atomic E-state index is -0.544. The molecule has 0 bridgehead atoms. The molecule has 0 unspecified atom stereocenters. The first-order valence-corrected chi connectivity index (χ1v) is 6.57. The predicted octanol–water partition coefficient (Wildman–Crippen LogP) is 3.28. The summed E-state index contributed by atoms with van der Waals surface area (Å²) in [5.74, 6) is -0.305. The summed E-state index contributed by atoms with van der Waals surface area (Å²) < 4.78 is 26.7. The van der Waals surface area contributed by atoms with Crippen LogP contribution in [-0.4, -0.2) is 11.5 Å². The molecule has 2 N–H and O–H groups in total. The minimum Gasteiger partial charge on any atom is -0.397 e. The molecule has 2 heterocycles. The molecule has 20 heavy (non-hydrogen) atoms. The Balaban J connectivity index is 1.94. The lowest BCUT2D eigenvalue weighted by Gasteiger charge is -2.26. The first kappa shape index (κ1) is 12.8. The van der Waals surface area contributed by atoms with Gasteiger partial charge in [0, 0.05) is 12.6 Å². The van der Waals surface area contributed by atoms with Crippen LogP contribution in [0.4, 0.5) is 20.3 Å². The highest BCUT2D eigenvalue weighted by Gasteiger charge is 2.27. The van der Waals surface area contributed by atoms with Gasteiger partial charge in [-0.25, -0.2) is 13.8 Å². The van der Waals surface area contributed by atoms with Crippen LogP contribution in [0.3, 0.4) is 0 Å². The quantitative estimate of drug-likeness (QED) is 0.914. The van der Waals surface area contributed by atoms with E-state index in [1.165, 1.54) is 12.1 Å². The lowest BCUT2D eigenvalue weighted by molar-refractivity contribution is 0.572. The minimum absolute atomic E-state index is 0.0451. The van der Waals surface area contributed by atoms with E-state index in [2.05, 4.69) is 9.88 Å². The van der Waals surface area contributed by atoms with Crippen LogP contribution in [0.2, 0.25) is 0 Å². The summed E-state index contributed by atoms with van der Waals surface area (Å²) in [5, 5.41) is 0. The van der Waals surface area contributed by atoms with Crippen LogP contribution in [0.5, 0.6) is 0 Å². The second kappa shape index (κ2) is 5.07. The van der Waals surface area contributed by atoms with Gasteiger partial charge in [0.2, 0.25) is 0 Å². The summed E-state index contributed by atoms with van der Waals surface area (Å²) in [4.78, 5) is 6.36. The van der Waals surface area contributed by atoms with E-state index in [1.54, 1.807) is 12.3 Å². The number of hydrogen-bond acceptors (Lipinski definition) is 3. The number of anilines is 2. The Morgan fingerprint density at radius 3 is 2.55 bits per heavy atom. The summed E-state index contributed by atoms with van der Waals surface area (Å²) in [6.45, 7) is 0.819. The van der Waals surface area contributed by atoms with E-state index in [4.69, 9.17) is 5.73 Å². The molecule has 1 atom stereocenters. The SMILES string of the molecule is Nc1ccc(N2CCC[C@H]2c2cc(F)cc(F)c2)nc1. The topological polar surface area (TPSA) is 42.1 Å². The monoisotopic (exact) mass is 275 g/mol. The van der Waals surface area contributed by atoms with Crippen molar-refractivity contribution in [1.29, 1.82) is 0 Å². The van der Waals surface area contributed by atoms with Crippen molar-refractivity contribution in [1.82, 2.24) is 4.98 Å². The number of benzene rings is 1. The van der Waals surface area contributed by atoms with Gasteiger partial charge in [0.05, 0.1) is 17.9 Å². The highest BCUT2D eigenvalue weighted by molar-refractivity contribution is 5.48. The zero-order valence-corrected chi connectivity index (χ0v) is 10.9. The van der Waals surface area contributed by atoms with Crippen molar-refractivity contribution in [3.8, 4) is 0 Å². The van der Waals surface area contributed by atoms with E-state index in [0.29, 0.717) is 11.3 Å². The van der Waals surface area contributed by atoms with E-state index in [9.17, 15) is 8.78 Å². The van der Waals surface area contributed by atoms with Crippen LogP contribution < -0.4 is 10.6 Å². The number of pyridine rings is 1. The summed E-state index contributed by atoms with van der Waals surface area (Å²) in [6.07, 6.45) is 3.42. The molecule has 0 aliphatic carbocycles. The third kappa shape index (κ3) is 2.43. The number of nitrogens with zero attached hydrogens (tertiary/aromatic N) is 2. The maximum absolute atomic E-state index is 13.4. The Morgan fingerprint density at radius 1 is 1.15 bits per heavy atom. The van der Waals surface area contributed by atoms with Crippen molar-refractivity contribution in [3.05, 3.63) is 53.7 Å². The normalized spacial score (nSPS) is 18.5. The molecule has 3 nitrogen and oxygen atoms in total. The lowest BCUT2D eigenvalue weighted by atomic mass is 10.0. The summed E-state index contributed by atoms with van der Waals surface area (Å²) in [6, 6.07) is 7.25. The molecule has 0 radical (unpaired) electrons. The molecule has 0 amide bonds. The van der Waals surface area contributed by atoms with E-state index in [1.807, 2.05) is 6.07 Å². The number of hydrogen-bond donors (Lipinski definition) is 1. The van der Waals surface area contributed by atoms with Gasteiger partial charge in [0.25, 0.3) is 0 Å². The summed E-state index contributed by atoms with van der Waals surface area (Å²) in [5.41, 5.74) is 6.88. The second-order valence-electron chi connectivity index (χ2n) is 5.00. The van der Waals surface area contributed by atoms with Gasteiger partial charge in [-0.2, -0.15) is 0 Å². The van der Waals surface area contributed by atoms with Gasteiger partial charge in [-0.15, -0.1) is 0 Å². The average Bonchev–Trinajstić information content (AvgIpc) is 2.87. The van der Waals surface area contributed by atoms with Crippen molar-refractivity contribution < 1.29 is 8.78 Å². The molecule has 5 heteroatoms. The molecule has 104 valence electrons. The van der Waals surface area contributed by atoms with Gasteiger partial charge in [-0.05, 0) is 42.7 Å². The van der Waals surface area contributed by atoms with Crippen LogP contribution in [-0.2, 0) is 0 Å². The fourth-order valence-corrected chi connectivity index (χ4v) is 2.72. The number of nitrogen functional groups attached to an aromatic ring is 1. The third-order valence-corrected chi connectivity index (χ3v) is 3.59. The highest BCUT2D eigenvalue weighted by Crippen LogP contribution is 2.35. The largest absolute Gasteiger partial charge is 0.397 e. The molecule has 1 fully saturated rings. The van der Waals surface area contributed by atoms with Crippen molar-refractivity contribution >= 4 is 11.5 Å². The highest BCUT2D eigenvalue weighted by atomic mass is 19.1. The van der Waals surface area contributed by atoms with Crippen LogP contribution in [0.1, 0.15) is 24.4 Å².